The predicted molar refractivity (Wildman–Crippen MR) is 86.1 cm³/mol. The number of halogens is 2. The highest BCUT2D eigenvalue weighted by Crippen LogP contribution is 2.21. The zero-order valence-corrected chi connectivity index (χ0v) is 13.3. The van der Waals surface area contributed by atoms with Gasteiger partial charge in [-0.3, -0.25) is 4.68 Å². The van der Waals surface area contributed by atoms with Gasteiger partial charge in [-0.25, -0.2) is 4.98 Å². The quantitative estimate of drug-likeness (QED) is 0.672. The second kappa shape index (κ2) is 6.08. The molecule has 0 N–H and O–H groups in total. The number of fused-ring (bicyclic) bond motifs is 1. The summed E-state index contributed by atoms with van der Waals surface area (Å²) in [5.74, 6) is 1.55. The Morgan fingerprint density at radius 1 is 1.24 bits per heavy atom. The predicted octanol–water partition coefficient (Wildman–Crippen LogP) is 3.68. The molecule has 0 aliphatic rings. The summed E-state index contributed by atoms with van der Waals surface area (Å²) in [4.78, 5) is 4.65. The molecule has 4 nitrogen and oxygen atoms in total. The largest absolute Gasteiger partial charge is 0.326 e. The molecule has 0 bridgehead atoms. The summed E-state index contributed by atoms with van der Waals surface area (Å²) in [5.41, 5.74) is 3.16. The topological polar surface area (TPSA) is 35.6 Å². The molecule has 2 heterocycles. The molecule has 0 spiro atoms. The monoisotopic (exact) mass is 322 g/mol. The Kier molecular flexibility index (Phi) is 4.17. The van der Waals surface area contributed by atoms with Crippen molar-refractivity contribution >= 4 is 34.2 Å². The number of aromatic nitrogens is 4. The molecule has 0 radical (unpaired) electrons. The van der Waals surface area contributed by atoms with Crippen molar-refractivity contribution in [2.24, 2.45) is 0 Å². The van der Waals surface area contributed by atoms with Crippen LogP contribution in [-0.4, -0.2) is 25.2 Å². The summed E-state index contributed by atoms with van der Waals surface area (Å²) in [5, 5.41) is 5.04. The minimum Gasteiger partial charge on any atom is -0.326 e. The Labute approximate surface area is 133 Å². The van der Waals surface area contributed by atoms with Gasteiger partial charge < -0.3 is 4.57 Å². The maximum absolute atomic E-state index is 6.11. The Bertz CT molecular complexity index is 760. The summed E-state index contributed by atoms with van der Waals surface area (Å²) < 4.78 is 4.12. The number of imidazole rings is 1. The highest BCUT2D eigenvalue weighted by Gasteiger charge is 2.11. The Morgan fingerprint density at radius 2 is 2.10 bits per heavy atom. The average Bonchev–Trinajstić information content (AvgIpc) is 3.01. The van der Waals surface area contributed by atoms with Gasteiger partial charge >= 0.3 is 0 Å². The molecule has 0 amide bonds. The minimum absolute atomic E-state index is 0.554. The lowest BCUT2D eigenvalue weighted by molar-refractivity contribution is 0.529. The fraction of sp³-hybridized carbons (Fsp3) is 0.333. The normalized spacial score (nSPS) is 11.4. The van der Waals surface area contributed by atoms with Crippen molar-refractivity contribution in [3.05, 3.63) is 47.0 Å². The van der Waals surface area contributed by atoms with Crippen LogP contribution in [0.3, 0.4) is 0 Å². The van der Waals surface area contributed by atoms with Crippen LogP contribution in [-0.2, 0) is 19.5 Å². The first kappa shape index (κ1) is 14.4. The molecule has 0 saturated carbocycles. The van der Waals surface area contributed by atoms with Crippen molar-refractivity contribution in [3.63, 3.8) is 0 Å². The summed E-state index contributed by atoms with van der Waals surface area (Å²) in [6.07, 6.45) is 4.64. The van der Waals surface area contributed by atoms with E-state index in [0.29, 0.717) is 5.88 Å². The maximum Gasteiger partial charge on any atom is 0.111 e. The molecule has 0 aliphatic carbocycles. The second-order valence-electron chi connectivity index (χ2n) is 5.03. The molecule has 0 fully saturated rings. The van der Waals surface area contributed by atoms with E-state index in [4.69, 9.17) is 23.2 Å². The van der Waals surface area contributed by atoms with Crippen molar-refractivity contribution in [1.29, 1.82) is 0 Å². The van der Waals surface area contributed by atoms with Gasteiger partial charge in [-0.1, -0.05) is 11.6 Å². The highest BCUT2D eigenvalue weighted by molar-refractivity contribution is 6.31. The van der Waals surface area contributed by atoms with Crippen molar-refractivity contribution in [3.8, 4) is 0 Å². The van der Waals surface area contributed by atoms with Gasteiger partial charge in [0.25, 0.3) is 0 Å². The maximum atomic E-state index is 6.11. The van der Waals surface area contributed by atoms with Crippen LogP contribution < -0.4 is 0 Å². The molecule has 0 saturated heterocycles. The van der Waals surface area contributed by atoms with E-state index in [1.807, 2.05) is 42.2 Å². The number of rotatable bonds is 5. The molecular formula is C15H16Cl2N4. The smallest absolute Gasteiger partial charge is 0.111 e. The zero-order valence-electron chi connectivity index (χ0n) is 11.8. The van der Waals surface area contributed by atoms with E-state index in [0.717, 1.165) is 47.0 Å². The Hall–Kier alpha value is -1.52. The third kappa shape index (κ3) is 3.06. The van der Waals surface area contributed by atoms with Crippen LogP contribution in [0.25, 0.3) is 11.0 Å². The lowest BCUT2D eigenvalue weighted by Crippen LogP contribution is -2.11. The molecule has 21 heavy (non-hydrogen) atoms. The molecule has 3 rings (SSSR count). The van der Waals surface area contributed by atoms with Gasteiger partial charge in [0.15, 0.2) is 0 Å². The lowest BCUT2D eigenvalue weighted by Gasteiger charge is -2.09. The summed E-state index contributed by atoms with van der Waals surface area (Å²) in [6.45, 7) is 3.63. The van der Waals surface area contributed by atoms with Gasteiger partial charge in [0.05, 0.1) is 23.8 Å². The summed E-state index contributed by atoms with van der Waals surface area (Å²) >= 11 is 12.0. The number of hydrogen-bond donors (Lipinski definition) is 0. The minimum atomic E-state index is 0.554. The highest BCUT2D eigenvalue weighted by atomic mass is 35.5. The standard InChI is InChI=1S/C15H16Cl2N4/c1-11-9-18-20(10-11)6-7-21-14-8-12(17)2-3-13(14)19-15(21)4-5-16/h2-3,8-10H,4-7H2,1H3. The van der Waals surface area contributed by atoms with Gasteiger partial charge in [-0.2, -0.15) is 5.10 Å². The van der Waals surface area contributed by atoms with E-state index in [9.17, 15) is 0 Å². The van der Waals surface area contributed by atoms with Gasteiger partial charge in [-0.05, 0) is 30.7 Å². The van der Waals surface area contributed by atoms with Crippen molar-refractivity contribution < 1.29 is 0 Å². The summed E-state index contributed by atoms with van der Waals surface area (Å²) in [6, 6.07) is 5.77. The zero-order chi connectivity index (χ0) is 14.8. The van der Waals surface area contributed by atoms with Crippen LogP contribution >= 0.6 is 23.2 Å². The SMILES string of the molecule is Cc1cnn(CCn2c(CCCl)nc3ccc(Cl)cc32)c1. The van der Waals surface area contributed by atoms with E-state index in [2.05, 4.69) is 14.6 Å². The Balaban J connectivity index is 1.94. The second-order valence-corrected chi connectivity index (χ2v) is 5.85. The molecule has 2 aromatic heterocycles. The molecule has 1 aromatic carbocycles. The third-order valence-corrected chi connectivity index (χ3v) is 3.85. The molecule has 0 aliphatic heterocycles. The van der Waals surface area contributed by atoms with Crippen LogP contribution in [0.2, 0.25) is 5.02 Å². The molecular weight excluding hydrogens is 307 g/mol. The van der Waals surface area contributed by atoms with E-state index in [1.165, 1.54) is 0 Å². The fourth-order valence-corrected chi connectivity index (χ4v) is 2.80. The molecule has 3 aromatic rings. The number of hydrogen-bond acceptors (Lipinski definition) is 2. The first-order chi connectivity index (χ1) is 10.2. The van der Waals surface area contributed by atoms with Gasteiger partial charge in [0, 0.05) is 30.1 Å². The molecule has 0 unspecified atom stereocenters. The Morgan fingerprint density at radius 3 is 2.81 bits per heavy atom. The van der Waals surface area contributed by atoms with Crippen LogP contribution in [0, 0.1) is 6.92 Å². The van der Waals surface area contributed by atoms with E-state index in [1.54, 1.807) is 0 Å². The van der Waals surface area contributed by atoms with Crippen LogP contribution in [0.4, 0.5) is 0 Å². The fourth-order valence-electron chi connectivity index (χ4n) is 2.46. The van der Waals surface area contributed by atoms with Crippen LogP contribution in [0.5, 0.6) is 0 Å². The van der Waals surface area contributed by atoms with Gasteiger partial charge in [-0.15, -0.1) is 11.6 Å². The molecule has 0 atom stereocenters. The molecule has 6 heteroatoms. The lowest BCUT2D eigenvalue weighted by atomic mass is 10.3. The van der Waals surface area contributed by atoms with Crippen molar-refractivity contribution in [1.82, 2.24) is 19.3 Å². The number of aryl methyl sites for hydroxylation is 4. The van der Waals surface area contributed by atoms with Crippen molar-refractivity contribution in [2.45, 2.75) is 26.4 Å². The van der Waals surface area contributed by atoms with E-state index < -0.39 is 0 Å². The van der Waals surface area contributed by atoms with Gasteiger partial charge in [0.1, 0.15) is 5.82 Å². The first-order valence-electron chi connectivity index (χ1n) is 6.87. The van der Waals surface area contributed by atoms with E-state index in [-0.39, 0.29) is 0 Å². The number of benzene rings is 1. The van der Waals surface area contributed by atoms with Crippen LogP contribution in [0.1, 0.15) is 11.4 Å². The van der Waals surface area contributed by atoms with Gasteiger partial charge in [0.2, 0.25) is 0 Å². The van der Waals surface area contributed by atoms with Crippen molar-refractivity contribution in [2.75, 3.05) is 5.88 Å². The summed E-state index contributed by atoms with van der Waals surface area (Å²) in [7, 11) is 0. The van der Waals surface area contributed by atoms with Crippen LogP contribution in [0.15, 0.2) is 30.6 Å². The first-order valence-corrected chi connectivity index (χ1v) is 7.78. The van der Waals surface area contributed by atoms with E-state index >= 15 is 0 Å². The third-order valence-electron chi connectivity index (χ3n) is 3.42. The number of alkyl halides is 1. The molecule has 110 valence electrons. The average molecular weight is 323 g/mol. The number of nitrogens with zero attached hydrogens (tertiary/aromatic N) is 4.